The zero-order valence-electron chi connectivity index (χ0n) is 17.0. The van der Waals surface area contributed by atoms with Crippen LogP contribution in [-0.2, 0) is 25.1 Å². The van der Waals surface area contributed by atoms with Crippen LogP contribution in [0.3, 0.4) is 0 Å². The monoisotopic (exact) mass is 470 g/mol. The number of β-lactam (4-membered cyclic amide) rings is 1. The lowest BCUT2D eigenvalue weighted by atomic mass is 9.92. The molecular formula is C18H22N4O9S. The number of carboxylic acid groups (broad SMARTS) is 1. The summed E-state index contributed by atoms with van der Waals surface area (Å²) < 4.78 is 21.6. The van der Waals surface area contributed by atoms with Crippen LogP contribution in [0.1, 0.15) is 30.6 Å². The molecule has 0 aliphatic carbocycles. The van der Waals surface area contributed by atoms with Crippen LogP contribution in [-0.4, -0.2) is 81.9 Å². The minimum absolute atomic E-state index is 0.0369. The Morgan fingerprint density at radius 3 is 2.47 bits per heavy atom. The van der Waals surface area contributed by atoms with Crippen molar-refractivity contribution in [3.8, 4) is 11.5 Å². The topological polar surface area (TPSA) is 203 Å². The second-order valence-electron chi connectivity index (χ2n) is 7.26. The Labute approximate surface area is 183 Å². The van der Waals surface area contributed by atoms with E-state index in [1.807, 2.05) is 5.43 Å². The molecule has 0 bridgehead atoms. The number of rotatable bonds is 9. The van der Waals surface area contributed by atoms with Gasteiger partial charge < -0.3 is 25.5 Å². The van der Waals surface area contributed by atoms with Crippen LogP contribution in [0.15, 0.2) is 23.3 Å². The number of likely N-dealkylation sites (tertiary alicyclic amines) is 1. The minimum Gasteiger partial charge on any atom is -0.504 e. The molecule has 0 unspecified atom stereocenters. The molecule has 0 aromatic heterocycles. The smallest absolute Gasteiger partial charge is 0.328 e. The predicted octanol–water partition coefficient (Wildman–Crippen LogP) is -1.63. The van der Waals surface area contributed by atoms with Crippen molar-refractivity contribution in [2.45, 2.75) is 37.1 Å². The number of hydrazone groups is 1. The molecule has 5 N–H and O–H groups in total. The Bertz CT molecular complexity index is 1050. The number of phenolic OH excluding ortho intramolecular Hbond substituents is 2. The number of nitrogens with one attached hydrogen (secondary N) is 2. The van der Waals surface area contributed by atoms with E-state index in [0.29, 0.717) is 6.21 Å². The zero-order chi connectivity index (χ0) is 24.2. The molecule has 32 heavy (non-hydrogen) atoms. The third-order valence-electron chi connectivity index (χ3n) is 4.85. The SMILES string of the molecule is C[C@@H]1CC(=O)N1[C@@H](C(=O)O)[C@](C)(/C=N/NC(=O)CNC(=O)c1ccc(O)c(O)c1)[SH](=O)=O. The molecule has 1 aliphatic heterocycles. The van der Waals surface area contributed by atoms with Gasteiger partial charge in [-0.25, -0.2) is 18.6 Å². The lowest BCUT2D eigenvalue weighted by Crippen LogP contribution is -2.66. The van der Waals surface area contributed by atoms with E-state index in [4.69, 9.17) is 0 Å². The molecule has 1 heterocycles. The van der Waals surface area contributed by atoms with Gasteiger partial charge in [0.15, 0.2) is 28.2 Å². The number of phenols is 2. The third-order valence-corrected chi connectivity index (χ3v) is 6.00. The van der Waals surface area contributed by atoms with E-state index in [-0.39, 0.29) is 12.0 Å². The first-order valence-electron chi connectivity index (χ1n) is 9.20. The first-order chi connectivity index (χ1) is 14.9. The summed E-state index contributed by atoms with van der Waals surface area (Å²) in [6.45, 7) is 2.05. The maximum Gasteiger partial charge on any atom is 0.328 e. The summed E-state index contributed by atoms with van der Waals surface area (Å²) in [5.41, 5.74) is 1.94. The maximum absolute atomic E-state index is 12.0. The lowest BCUT2D eigenvalue weighted by molar-refractivity contribution is -0.161. The molecule has 0 saturated carbocycles. The summed E-state index contributed by atoms with van der Waals surface area (Å²) in [5, 5.41) is 33.9. The van der Waals surface area contributed by atoms with Gasteiger partial charge in [-0.2, -0.15) is 5.10 Å². The number of thiol groups is 1. The molecule has 0 radical (unpaired) electrons. The highest BCUT2D eigenvalue weighted by Gasteiger charge is 2.52. The van der Waals surface area contributed by atoms with E-state index in [2.05, 4.69) is 10.4 Å². The Morgan fingerprint density at radius 2 is 1.97 bits per heavy atom. The fourth-order valence-electron chi connectivity index (χ4n) is 3.06. The van der Waals surface area contributed by atoms with Gasteiger partial charge in [0.25, 0.3) is 11.8 Å². The number of carbonyl (C=O) groups is 4. The number of hydrogen-bond donors (Lipinski definition) is 6. The van der Waals surface area contributed by atoms with Gasteiger partial charge in [0.05, 0.1) is 6.54 Å². The highest BCUT2D eigenvalue weighted by atomic mass is 32.2. The summed E-state index contributed by atoms with van der Waals surface area (Å²) in [7, 11) is -3.43. The number of aromatic hydroxyl groups is 2. The average Bonchev–Trinajstić information content (AvgIpc) is 2.71. The molecule has 2 rings (SSSR count). The summed E-state index contributed by atoms with van der Waals surface area (Å²) in [6.07, 6.45) is 0.801. The molecule has 1 aromatic rings. The molecule has 1 fully saturated rings. The van der Waals surface area contributed by atoms with Crippen LogP contribution >= 0.6 is 0 Å². The van der Waals surface area contributed by atoms with Gasteiger partial charge in [0.1, 0.15) is 4.75 Å². The van der Waals surface area contributed by atoms with Crippen LogP contribution in [0.5, 0.6) is 11.5 Å². The first kappa shape index (κ1) is 24.6. The van der Waals surface area contributed by atoms with E-state index in [0.717, 1.165) is 24.0 Å². The molecule has 13 nitrogen and oxygen atoms in total. The second-order valence-corrected chi connectivity index (χ2v) is 8.74. The Morgan fingerprint density at radius 1 is 1.31 bits per heavy atom. The molecule has 174 valence electrons. The number of carbonyl (C=O) groups excluding carboxylic acids is 3. The van der Waals surface area contributed by atoms with Crippen LogP contribution in [0.2, 0.25) is 0 Å². The zero-order valence-corrected chi connectivity index (χ0v) is 17.9. The minimum atomic E-state index is -3.43. The molecule has 0 spiro atoms. The van der Waals surface area contributed by atoms with Gasteiger partial charge in [-0.1, -0.05) is 0 Å². The van der Waals surface area contributed by atoms with Gasteiger partial charge in [0, 0.05) is 24.2 Å². The van der Waals surface area contributed by atoms with E-state index in [1.165, 1.54) is 6.07 Å². The molecule has 1 saturated heterocycles. The summed E-state index contributed by atoms with van der Waals surface area (Å²) >= 11 is 0. The lowest BCUT2D eigenvalue weighted by Gasteiger charge is -2.45. The fraction of sp³-hybridized carbons (Fsp3) is 0.389. The quantitative estimate of drug-likeness (QED) is 0.0805. The molecule has 3 atom stereocenters. The standard InChI is InChI=1S/C18H22N4O9S/c1-9-5-14(26)22(9)15(17(28)29)18(2,32(30)31)8-20-21-13(25)7-19-16(27)10-3-4-11(23)12(24)6-10/h3-4,6,8-9,15,23-24,32H,5,7H2,1-2H3,(H,19,27)(H,21,25)(H,28,29)/b20-8+/t9-,15+,18+/m1/s1. The van der Waals surface area contributed by atoms with Crippen molar-refractivity contribution >= 4 is 40.6 Å². The normalized spacial score (nSPS) is 18.7. The second kappa shape index (κ2) is 9.64. The molecule has 1 aromatic carbocycles. The molecular weight excluding hydrogens is 448 g/mol. The van der Waals surface area contributed by atoms with E-state index in [9.17, 15) is 42.9 Å². The number of nitrogens with zero attached hydrogens (tertiary/aromatic N) is 2. The number of benzene rings is 1. The largest absolute Gasteiger partial charge is 0.504 e. The third kappa shape index (κ3) is 5.14. The maximum atomic E-state index is 12.0. The van der Waals surface area contributed by atoms with Gasteiger partial charge in [-0.15, -0.1) is 0 Å². The van der Waals surface area contributed by atoms with E-state index in [1.54, 1.807) is 6.92 Å². The summed E-state index contributed by atoms with van der Waals surface area (Å²) in [6, 6.07) is 1.06. The number of carboxylic acids is 1. The van der Waals surface area contributed by atoms with Gasteiger partial charge in [0.2, 0.25) is 5.91 Å². The van der Waals surface area contributed by atoms with Crippen LogP contribution in [0, 0.1) is 0 Å². The van der Waals surface area contributed by atoms with Crippen LogP contribution < -0.4 is 10.7 Å². The Hall–Kier alpha value is -3.68. The van der Waals surface area contributed by atoms with E-state index >= 15 is 0 Å². The van der Waals surface area contributed by atoms with Crippen molar-refractivity contribution in [2.75, 3.05) is 6.54 Å². The van der Waals surface area contributed by atoms with Crippen molar-refractivity contribution in [1.29, 1.82) is 0 Å². The molecule has 14 heteroatoms. The van der Waals surface area contributed by atoms with Gasteiger partial charge in [-0.05, 0) is 32.0 Å². The van der Waals surface area contributed by atoms with Crippen molar-refractivity contribution in [3.05, 3.63) is 23.8 Å². The van der Waals surface area contributed by atoms with Gasteiger partial charge >= 0.3 is 5.97 Å². The van der Waals surface area contributed by atoms with Crippen molar-refractivity contribution in [1.82, 2.24) is 15.6 Å². The number of hydrogen-bond acceptors (Lipinski definition) is 9. The number of aliphatic carboxylic acids is 1. The van der Waals surface area contributed by atoms with Crippen molar-refractivity contribution in [3.63, 3.8) is 0 Å². The predicted molar refractivity (Wildman–Crippen MR) is 110 cm³/mol. The van der Waals surface area contributed by atoms with E-state index < -0.39 is 69.3 Å². The van der Waals surface area contributed by atoms with Crippen LogP contribution in [0.4, 0.5) is 0 Å². The highest BCUT2D eigenvalue weighted by molar-refractivity contribution is 7.75. The Kier molecular flexibility index (Phi) is 7.40. The fourth-order valence-corrected chi connectivity index (χ4v) is 3.64. The molecule has 3 amide bonds. The highest BCUT2D eigenvalue weighted by Crippen LogP contribution is 2.29. The average molecular weight is 470 g/mol. The first-order valence-corrected chi connectivity index (χ1v) is 10.4. The summed E-state index contributed by atoms with van der Waals surface area (Å²) in [5.74, 6) is -4.63. The van der Waals surface area contributed by atoms with Crippen LogP contribution in [0.25, 0.3) is 0 Å². The summed E-state index contributed by atoms with van der Waals surface area (Å²) in [4.78, 5) is 48.4. The molecule has 1 aliphatic rings. The van der Waals surface area contributed by atoms with Gasteiger partial charge in [-0.3, -0.25) is 14.4 Å². The van der Waals surface area contributed by atoms with Crippen molar-refractivity contribution in [2.24, 2.45) is 5.10 Å². The van der Waals surface area contributed by atoms with Crippen molar-refractivity contribution < 1.29 is 42.9 Å². The Balaban J connectivity index is 2.04. The number of amides is 3.